The fourth-order valence-corrected chi connectivity index (χ4v) is 2.00. The molecule has 17 heavy (non-hydrogen) atoms. The van der Waals surface area contributed by atoms with Crippen molar-refractivity contribution < 1.29 is 4.79 Å². The molecule has 1 atom stereocenters. The molecule has 0 heterocycles. The summed E-state index contributed by atoms with van der Waals surface area (Å²) in [7, 11) is 0. The number of carbonyl (C=O) groups is 1. The second-order valence-electron chi connectivity index (χ2n) is 5.35. The molecule has 1 aromatic carbocycles. The van der Waals surface area contributed by atoms with Gasteiger partial charge >= 0.3 is 0 Å². The van der Waals surface area contributed by atoms with Crippen LogP contribution in [0.5, 0.6) is 0 Å². The zero-order chi connectivity index (χ0) is 13.0. The smallest absolute Gasteiger partial charge is 0.139 e. The Morgan fingerprint density at radius 3 is 2.06 bits per heavy atom. The molecule has 0 aliphatic heterocycles. The maximum absolute atomic E-state index is 12.1. The lowest BCUT2D eigenvalue weighted by Gasteiger charge is -2.21. The maximum atomic E-state index is 12.1. The van der Waals surface area contributed by atoms with Crippen LogP contribution >= 0.6 is 0 Å². The normalized spacial score (nSPS) is 13.1. The van der Waals surface area contributed by atoms with E-state index in [2.05, 4.69) is 13.8 Å². The molecule has 0 aliphatic rings. The number of hydrogen-bond acceptors (Lipinski definition) is 2. The Labute approximate surface area is 104 Å². The molecular formula is C15H23NO. The van der Waals surface area contributed by atoms with Crippen LogP contribution in [0, 0.1) is 17.8 Å². The van der Waals surface area contributed by atoms with Crippen molar-refractivity contribution in [2.24, 2.45) is 17.8 Å². The Bertz CT molecular complexity index is 365. The fraction of sp³-hybridized carbons (Fsp3) is 0.533. The highest BCUT2D eigenvalue weighted by molar-refractivity contribution is 5.83. The second-order valence-corrected chi connectivity index (χ2v) is 5.35. The van der Waals surface area contributed by atoms with Gasteiger partial charge in [0.1, 0.15) is 5.78 Å². The molecule has 0 unspecified atom stereocenters. The molecule has 0 saturated heterocycles. The number of anilines is 1. The van der Waals surface area contributed by atoms with Crippen molar-refractivity contribution in [1.29, 1.82) is 0 Å². The molecule has 2 N–H and O–H groups in total. The number of Topliss-reactive ketones (excluding diaryl/α,β-unsaturated/α-hetero) is 1. The molecule has 2 heteroatoms. The molecule has 0 bridgehead atoms. The summed E-state index contributed by atoms with van der Waals surface area (Å²) < 4.78 is 0. The highest BCUT2D eigenvalue weighted by atomic mass is 16.1. The first kappa shape index (κ1) is 13.8. The Balaban J connectivity index is 2.80. The number of hydrogen-bond donors (Lipinski definition) is 1. The van der Waals surface area contributed by atoms with E-state index in [-0.39, 0.29) is 11.8 Å². The zero-order valence-corrected chi connectivity index (χ0v) is 11.2. The molecule has 0 aromatic heterocycles. The van der Waals surface area contributed by atoms with Crippen LogP contribution in [-0.2, 0) is 11.2 Å². The predicted octanol–water partition coefficient (Wildman–Crippen LogP) is 3.31. The van der Waals surface area contributed by atoms with Gasteiger partial charge in [-0.25, -0.2) is 0 Å². The minimum atomic E-state index is 0.108. The van der Waals surface area contributed by atoms with Crippen molar-refractivity contribution in [3.8, 4) is 0 Å². The summed E-state index contributed by atoms with van der Waals surface area (Å²) in [5.41, 5.74) is 7.61. The highest BCUT2D eigenvalue weighted by Crippen LogP contribution is 2.22. The molecule has 0 amide bonds. The van der Waals surface area contributed by atoms with E-state index >= 15 is 0 Å². The van der Waals surface area contributed by atoms with E-state index in [1.54, 1.807) is 0 Å². The van der Waals surface area contributed by atoms with Crippen LogP contribution < -0.4 is 5.73 Å². The van der Waals surface area contributed by atoms with Gasteiger partial charge in [0.15, 0.2) is 0 Å². The summed E-state index contributed by atoms with van der Waals surface area (Å²) in [5, 5.41) is 0. The van der Waals surface area contributed by atoms with Gasteiger partial charge in [-0.3, -0.25) is 4.79 Å². The van der Waals surface area contributed by atoms with Gasteiger partial charge in [-0.2, -0.15) is 0 Å². The fourth-order valence-electron chi connectivity index (χ4n) is 2.00. The van der Waals surface area contributed by atoms with E-state index in [0.717, 1.165) is 12.1 Å². The molecule has 0 spiro atoms. The SMILES string of the molecule is CC(C)C(=O)[C@H](Cc1ccc(N)cc1)C(C)C. The van der Waals surface area contributed by atoms with E-state index in [4.69, 9.17) is 5.73 Å². The topological polar surface area (TPSA) is 43.1 Å². The molecule has 0 aliphatic carbocycles. The van der Waals surface area contributed by atoms with Crippen molar-refractivity contribution in [3.05, 3.63) is 29.8 Å². The van der Waals surface area contributed by atoms with E-state index in [1.165, 1.54) is 5.56 Å². The molecular weight excluding hydrogens is 210 g/mol. The van der Waals surface area contributed by atoms with Gasteiger partial charge in [0.2, 0.25) is 0 Å². The Morgan fingerprint density at radius 1 is 1.12 bits per heavy atom. The minimum absolute atomic E-state index is 0.108. The first-order chi connectivity index (χ1) is 7.91. The van der Waals surface area contributed by atoms with Crippen molar-refractivity contribution >= 4 is 11.5 Å². The largest absolute Gasteiger partial charge is 0.399 e. The lowest BCUT2D eigenvalue weighted by Crippen LogP contribution is -2.26. The van der Waals surface area contributed by atoms with Crippen molar-refractivity contribution in [2.45, 2.75) is 34.1 Å². The number of rotatable bonds is 5. The number of benzene rings is 1. The zero-order valence-electron chi connectivity index (χ0n) is 11.2. The third-order valence-electron chi connectivity index (χ3n) is 3.17. The average Bonchev–Trinajstić information content (AvgIpc) is 2.26. The van der Waals surface area contributed by atoms with Gasteiger partial charge in [-0.05, 0) is 30.0 Å². The number of ketones is 1. The molecule has 0 radical (unpaired) electrons. The number of nitrogens with two attached hydrogens (primary N) is 1. The first-order valence-corrected chi connectivity index (χ1v) is 6.30. The van der Waals surface area contributed by atoms with E-state index < -0.39 is 0 Å². The number of nitrogen functional groups attached to an aromatic ring is 1. The highest BCUT2D eigenvalue weighted by Gasteiger charge is 2.24. The molecule has 1 rings (SSSR count). The quantitative estimate of drug-likeness (QED) is 0.793. The predicted molar refractivity (Wildman–Crippen MR) is 72.7 cm³/mol. The van der Waals surface area contributed by atoms with Crippen molar-refractivity contribution in [1.82, 2.24) is 0 Å². The third-order valence-corrected chi connectivity index (χ3v) is 3.17. The molecule has 0 saturated carbocycles. The van der Waals surface area contributed by atoms with Crippen LogP contribution in [0.4, 0.5) is 5.69 Å². The van der Waals surface area contributed by atoms with Gasteiger partial charge in [0.05, 0.1) is 0 Å². The van der Waals surface area contributed by atoms with Crippen molar-refractivity contribution in [2.75, 3.05) is 5.73 Å². The van der Waals surface area contributed by atoms with Crippen LogP contribution in [0.3, 0.4) is 0 Å². The first-order valence-electron chi connectivity index (χ1n) is 6.30. The Hall–Kier alpha value is -1.31. The van der Waals surface area contributed by atoms with Crippen LogP contribution in [0.25, 0.3) is 0 Å². The van der Waals surface area contributed by atoms with Gasteiger partial charge in [0.25, 0.3) is 0 Å². The Kier molecular flexibility index (Phi) is 4.73. The summed E-state index contributed by atoms with van der Waals surface area (Å²) in [5.74, 6) is 0.953. The molecule has 2 nitrogen and oxygen atoms in total. The van der Waals surface area contributed by atoms with Crippen molar-refractivity contribution in [3.63, 3.8) is 0 Å². The van der Waals surface area contributed by atoms with Crippen LogP contribution in [0.1, 0.15) is 33.3 Å². The minimum Gasteiger partial charge on any atom is -0.399 e. The summed E-state index contributed by atoms with van der Waals surface area (Å²) in [6.45, 7) is 8.17. The molecule has 94 valence electrons. The summed E-state index contributed by atoms with van der Waals surface area (Å²) >= 11 is 0. The van der Waals surface area contributed by atoms with Gasteiger partial charge in [-0.1, -0.05) is 39.8 Å². The molecule has 1 aromatic rings. The molecule has 0 fully saturated rings. The summed E-state index contributed by atoms with van der Waals surface area (Å²) in [6, 6.07) is 7.82. The lowest BCUT2D eigenvalue weighted by atomic mass is 9.82. The van der Waals surface area contributed by atoms with E-state index in [9.17, 15) is 4.79 Å². The van der Waals surface area contributed by atoms with Crippen LogP contribution in [0.15, 0.2) is 24.3 Å². The van der Waals surface area contributed by atoms with Crippen LogP contribution in [0.2, 0.25) is 0 Å². The van der Waals surface area contributed by atoms with Crippen LogP contribution in [-0.4, -0.2) is 5.78 Å². The standard InChI is InChI=1S/C15H23NO/c1-10(2)14(15(17)11(3)4)9-12-5-7-13(16)8-6-12/h5-8,10-11,14H,9,16H2,1-4H3/t14-/m1/s1. The maximum Gasteiger partial charge on any atom is 0.139 e. The number of carbonyl (C=O) groups excluding carboxylic acids is 1. The summed E-state index contributed by atoms with van der Waals surface area (Å²) in [4.78, 5) is 12.1. The third kappa shape index (κ3) is 3.88. The average molecular weight is 233 g/mol. The van der Waals surface area contributed by atoms with Gasteiger partial charge in [0, 0.05) is 17.5 Å². The monoisotopic (exact) mass is 233 g/mol. The Morgan fingerprint density at radius 2 is 1.65 bits per heavy atom. The second kappa shape index (κ2) is 5.85. The van der Waals surface area contributed by atoms with Gasteiger partial charge in [-0.15, -0.1) is 0 Å². The van der Waals surface area contributed by atoms with E-state index in [1.807, 2.05) is 38.1 Å². The van der Waals surface area contributed by atoms with Gasteiger partial charge < -0.3 is 5.73 Å². The van der Waals surface area contributed by atoms with E-state index in [0.29, 0.717) is 11.7 Å². The summed E-state index contributed by atoms with van der Waals surface area (Å²) in [6.07, 6.45) is 0.814. The lowest BCUT2D eigenvalue weighted by molar-refractivity contribution is -0.127.